The van der Waals surface area contributed by atoms with E-state index in [4.69, 9.17) is 9.16 Å². The minimum absolute atomic E-state index is 0.107. The Bertz CT molecular complexity index is 493. The van der Waals surface area contributed by atoms with Gasteiger partial charge >= 0.3 is 0 Å². The largest absolute Gasteiger partial charge is 0.398 e. The van der Waals surface area contributed by atoms with Gasteiger partial charge in [-0.25, -0.2) is 0 Å². The Hall–Kier alpha value is -0.416. The predicted molar refractivity (Wildman–Crippen MR) is 103 cm³/mol. The summed E-state index contributed by atoms with van der Waals surface area (Å²) in [6.07, 6.45) is 3.64. The van der Waals surface area contributed by atoms with Gasteiger partial charge in [0.2, 0.25) is 0 Å². The van der Waals surface area contributed by atoms with E-state index in [1.165, 1.54) is 0 Å². The average molecular weight is 354 g/mol. The smallest absolute Gasteiger partial charge is 0.194 e. The molecule has 0 saturated carbocycles. The normalized spacial score (nSPS) is 24.6. The Balaban J connectivity index is 2.70. The summed E-state index contributed by atoms with van der Waals surface area (Å²) in [6.45, 7) is 22.6. The van der Waals surface area contributed by atoms with Gasteiger partial charge in [-0.05, 0) is 29.2 Å². The van der Waals surface area contributed by atoms with Gasteiger partial charge in [0.15, 0.2) is 14.4 Å². The van der Waals surface area contributed by atoms with Crippen LogP contribution in [0.15, 0.2) is 12.2 Å². The number of nitriles is 1. The third kappa shape index (κ3) is 4.79. The van der Waals surface area contributed by atoms with Crippen LogP contribution in [0.3, 0.4) is 0 Å². The Kier molecular flexibility index (Phi) is 5.81. The molecule has 1 rings (SSSR count). The second-order valence-electron chi connectivity index (χ2n) is 9.81. The summed E-state index contributed by atoms with van der Waals surface area (Å²) in [7, 11) is -3.41. The standard InChI is InChI=1S/C18H35NO2Si2/c1-17(2,3)22(7,8)16-15(20-16)12-11-14(13-19)21-23(9,10)18(4,5)6/h11-12,14-16H,1-10H3/b12-11+/t14?,15-,16-/m1/s1. The predicted octanol–water partition coefficient (Wildman–Crippen LogP) is 5.27. The van der Waals surface area contributed by atoms with Crippen LogP contribution >= 0.6 is 0 Å². The highest BCUT2D eigenvalue weighted by atomic mass is 28.4. The van der Waals surface area contributed by atoms with Crippen LogP contribution in [0.1, 0.15) is 41.5 Å². The molecule has 0 aromatic heterocycles. The maximum absolute atomic E-state index is 9.41. The topological polar surface area (TPSA) is 45.5 Å². The molecule has 132 valence electrons. The molecule has 0 bridgehead atoms. The zero-order valence-corrected chi connectivity index (χ0v) is 18.7. The molecule has 1 fully saturated rings. The third-order valence-corrected chi connectivity index (χ3v) is 16.2. The molecule has 5 heteroatoms. The number of hydrogen-bond acceptors (Lipinski definition) is 3. The summed E-state index contributed by atoms with van der Waals surface area (Å²) >= 11 is 0. The molecule has 1 saturated heterocycles. The lowest BCUT2D eigenvalue weighted by Gasteiger charge is -2.37. The molecule has 0 aromatic carbocycles. The van der Waals surface area contributed by atoms with Crippen molar-refractivity contribution in [1.29, 1.82) is 5.26 Å². The van der Waals surface area contributed by atoms with E-state index in [1.54, 1.807) is 0 Å². The van der Waals surface area contributed by atoms with E-state index in [9.17, 15) is 5.26 Å². The Morgan fingerprint density at radius 1 is 1.04 bits per heavy atom. The number of epoxide rings is 1. The average Bonchev–Trinajstić information content (AvgIpc) is 3.11. The van der Waals surface area contributed by atoms with Crippen molar-refractivity contribution in [3.05, 3.63) is 12.2 Å². The highest BCUT2D eigenvalue weighted by Gasteiger charge is 2.54. The monoisotopic (exact) mass is 353 g/mol. The second-order valence-corrected chi connectivity index (χ2v) is 20.1. The van der Waals surface area contributed by atoms with Crippen molar-refractivity contribution in [3.8, 4) is 6.07 Å². The lowest BCUT2D eigenvalue weighted by molar-refractivity contribution is 0.272. The van der Waals surface area contributed by atoms with E-state index in [2.05, 4.69) is 73.8 Å². The van der Waals surface area contributed by atoms with Crippen LogP contribution in [0.5, 0.6) is 0 Å². The number of hydrogen-bond donors (Lipinski definition) is 0. The van der Waals surface area contributed by atoms with E-state index in [0.717, 1.165) is 0 Å². The van der Waals surface area contributed by atoms with Gasteiger partial charge in [0, 0.05) is 0 Å². The van der Waals surface area contributed by atoms with Gasteiger partial charge in [0.05, 0.1) is 26.0 Å². The van der Waals surface area contributed by atoms with E-state index in [1.807, 2.05) is 12.2 Å². The van der Waals surface area contributed by atoms with Crippen LogP contribution < -0.4 is 0 Å². The Morgan fingerprint density at radius 2 is 1.57 bits per heavy atom. The fraction of sp³-hybridized carbons (Fsp3) is 0.833. The summed E-state index contributed by atoms with van der Waals surface area (Å²) in [5.74, 6) is 0. The van der Waals surface area contributed by atoms with Crippen molar-refractivity contribution in [2.75, 3.05) is 0 Å². The molecule has 1 heterocycles. The van der Waals surface area contributed by atoms with E-state index < -0.39 is 22.5 Å². The first-order chi connectivity index (χ1) is 10.1. The summed E-state index contributed by atoms with van der Waals surface area (Å²) in [4.78, 5) is 0. The van der Waals surface area contributed by atoms with Crippen LogP contribution in [-0.4, -0.2) is 34.3 Å². The zero-order chi connectivity index (χ0) is 18.3. The molecule has 0 spiro atoms. The van der Waals surface area contributed by atoms with Crippen molar-refractivity contribution in [3.63, 3.8) is 0 Å². The molecule has 0 aliphatic carbocycles. The summed E-state index contributed by atoms with van der Waals surface area (Å²) < 4.78 is 12.1. The van der Waals surface area contributed by atoms with E-state index in [-0.39, 0.29) is 11.1 Å². The van der Waals surface area contributed by atoms with Crippen LogP contribution in [0, 0.1) is 11.3 Å². The fourth-order valence-corrected chi connectivity index (χ4v) is 5.49. The molecular formula is C18H35NO2Si2. The molecule has 1 aliphatic heterocycles. The molecule has 3 nitrogen and oxygen atoms in total. The SMILES string of the molecule is CC(C)(C)[Si](C)(C)OC(C#N)/C=C/[C@H]1O[C@@H]1[Si](C)(C)C(C)(C)C. The summed E-state index contributed by atoms with van der Waals surface area (Å²) in [5, 5.41) is 9.83. The number of nitrogens with zero attached hydrogens (tertiary/aromatic N) is 1. The van der Waals surface area contributed by atoms with Crippen molar-refractivity contribution in [2.24, 2.45) is 0 Å². The van der Waals surface area contributed by atoms with Crippen molar-refractivity contribution >= 4 is 16.4 Å². The third-order valence-electron chi connectivity index (χ3n) is 6.00. The summed E-state index contributed by atoms with van der Waals surface area (Å²) in [6, 6.07) is 2.28. The van der Waals surface area contributed by atoms with E-state index in [0.29, 0.717) is 10.8 Å². The zero-order valence-electron chi connectivity index (χ0n) is 16.7. The second kappa shape index (κ2) is 6.47. The van der Waals surface area contributed by atoms with Gasteiger partial charge in [-0.15, -0.1) is 0 Å². The van der Waals surface area contributed by atoms with Gasteiger partial charge in [0.1, 0.15) is 0 Å². The van der Waals surface area contributed by atoms with Crippen LogP contribution in [-0.2, 0) is 9.16 Å². The highest BCUT2D eigenvalue weighted by Crippen LogP contribution is 2.46. The Morgan fingerprint density at radius 3 is 1.96 bits per heavy atom. The molecule has 1 aliphatic rings. The number of ether oxygens (including phenoxy) is 1. The molecule has 0 radical (unpaired) electrons. The van der Waals surface area contributed by atoms with Gasteiger partial charge in [0.25, 0.3) is 0 Å². The molecule has 3 atom stereocenters. The first kappa shape index (κ1) is 20.6. The minimum Gasteiger partial charge on any atom is -0.398 e. The lowest BCUT2D eigenvalue weighted by Crippen LogP contribution is -2.44. The molecule has 0 amide bonds. The van der Waals surface area contributed by atoms with Crippen molar-refractivity contribution < 1.29 is 9.16 Å². The quantitative estimate of drug-likeness (QED) is 0.384. The van der Waals surface area contributed by atoms with E-state index >= 15 is 0 Å². The molecule has 23 heavy (non-hydrogen) atoms. The fourth-order valence-electron chi connectivity index (χ4n) is 2.09. The van der Waals surface area contributed by atoms with Crippen molar-refractivity contribution in [1.82, 2.24) is 0 Å². The highest BCUT2D eigenvalue weighted by molar-refractivity contribution is 6.82. The molecule has 1 unspecified atom stereocenters. The van der Waals surface area contributed by atoms with Crippen molar-refractivity contribution in [2.45, 2.75) is 95.7 Å². The molecule has 0 N–H and O–H groups in total. The van der Waals surface area contributed by atoms with Gasteiger partial charge < -0.3 is 9.16 Å². The molecule has 0 aromatic rings. The first-order valence-corrected chi connectivity index (χ1v) is 14.5. The van der Waals surface area contributed by atoms with Gasteiger partial charge in [-0.2, -0.15) is 5.26 Å². The first-order valence-electron chi connectivity index (χ1n) is 8.55. The molecular weight excluding hydrogens is 318 g/mol. The van der Waals surface area contributed by atoms with Crippen LogP contribution in [0.25, 0.3) is 0 Å². The maximum atomic E-state index is 9.41. The van der Waals surface area contributed by atoms with Gasteiger partial charge in [-0.1, -0.05) is 60.7 Å². The Labute approximate surface area is 145 Å². The maximum Gasteiger partial charge on any atom is 0.194 e. The summed E-state index contributed by atoms with van der Waals surface area (Å²) in [5.41, 5.74) is 0.353. The van der Waals surface area contributed by atoms with Crippen LogP contribution in [0.2, 0.25) is 36.3 Å². The number of rotatable bonds is 5. The van der Waals surface area contributed by atoms with Crippen LogP contribution in [0.4, 0.5) is 0 Å². The van der Waals surface area contributed by atoms with Gasteiger partial charge in [-0.3, -0.25) is 0 Å². The lowest BCUT2D eigenvalue weighted by atomic mass is 10.2. The minimum atomic E-state index is -1.93.